The summed E-state index contributed by atoms with van der Waals surface area (Å²) >= 11 is 7.33. The average molecular weight is 388 g/mol. The first-order chi connectivity index (χ1) is 12.5. The number of hydrogen-bond acceptors (Lipinski definition) is 5. The number of esters is 1. The Kier molecular flexibility index (Phi) is 5.64. The zero-order valence-corrected chi connectivity index (χ0v) is 16.2. The van der Waals surface area contributed by atoms with Gasteiger partial charge in [0.15, 0.2) is 11.0 Å². The third-order valence-corrected chi connectivity index (χ3v) is 5.12. The SMILES string of the molecule is COC(=O)[C@@H](C)Sc1nnc(-c2ccc(C)cc2)n1-c1ccc(Cl)cc1. The predicted octanol–water partition coefficient (Wildman–Crippen LogP) is 4.55. The summed E-state index contributed by atoms with van der Waals surface area (Å²) in [7, 11) is 1.38. The Bertz CT molecular complexity index is 908. The molecule has 7 heteroatoms. The number of ether oxygens (including phenoxy) is 1. The predicted molar refractivity (Wildman–Crippen MR) is 104 cm³/mol. The first kappa shape index (κ1) is 18.5. The van der Waals surface area contributed by atoms with Crippen LogP contribution in [0.4, 0.5) is 0 Å². The van der Waals surface area contributed by atoms with E-state index in [1.165, 1.54) is 24.4 Å². The fourth-order valence-electron chi connectivity index (χ4n) is 2.43. The van der Waals surface area contributed by atoms with Crippen molar-refractivity contribution in [1.82, 2.24) is 14.8 Å². The van der Waals surface area contributed by atoms with Crippen LogP contribution in [0.3, 0.4) is 0 Å². The van der Waals surface area contributed by atoms with Crippen molar-refractivity contribution in [2.45, 2.75) is 24.3 Å². The van der Waals surface area contributed by atoms with E-state index in [2.05, 4.69) is 10.2 Å². The number of rotatable bonds is 5. The molecule has 0 amide bonds. The van der Waals surface area contributed by atoms with Crippen molar-refractivity contribution in [3.05, 3.63) is 59.1 Å². The Morgan fingerprint density at radius 3 is 2.38 bits per heavy atom. The number of hydrogen-bond donors (Lipinski definition) is 0. The molecule has 2 aromatic carbocycles. The van der Waals surface area contributed by atoms with Crippen LogP contribution < -0.4 is 0 Å². The molecule has 1 aromatic heterocycles. The van der Waals surface area contributed by atoms with Crippen molar-refractivity contribution in [3.63, 3.8) is 0 Å². The van der Waals surface area contributed by atoms with Gasteiger partial charge >= 0.3 is 5.97 Å². The van der Waals surface area contributed by atoms with Gasteiger partial charge in [0.25, 0.3) is 0 Å². The number of thioether (sulfide) groups is 1. The Balaban J connectivity index is 2.09. The van der Waals surface area contributed by atoms with Crippen molar-refractivity contribution in [2.24, 2.45) is 0 Å². The van der Waals surface area contributed by atoms with Gasteiger partial charge in [-0.25, -0.2) is 0 Å². The van der Waals surface area contributed by atoms with E-state index in [1.807, 2.05) is 60.0 Å². The van der Waals surface area contributed by atoms with Crippen LogP contribution in [0.2, 0.25) is 5.02 Å². The fraction of sp³-hybridized carbons (Fsp3) is 0.211. The molecule has 0 aliphatic rings. The summed E-state index contributed by atoms with van der Waals surface area (Å²) in [6.07, 6.45) is 0. The lowest BCUT2D eigenvalue weighted by Crippen LogP contribution is -2.15. The highest BCUT2D eigenvalue weighted by atomic mass is 35.5. The van der Waals surface area contributed by atoms with Crippen molar-refractivity contribution in [2.75, 3.05) is 7.11 Å². The van der Waals surface area contributed by atoms with Gasteiger partial charge in [-0.3, -0.25) is 9.36 Å². The van der Waals surface area contributed by atoms with Crippen LogP contribution in [0.25, 0.3) is 17.1 Å². The minimum atomic E-state index is -0.402. The third-order valence-electron chi connectivity index (χ3n) is 3.84. The first-order valence-corrected chi connectivity index (χ1v) is 9.28. The van der Waals surface area contributed by atoms with Crippen molar-refractivity contribution in [1.29, 1.82) is 0 Å². The van der Waals surface area contributed by atoms with Crippen LogP contribution in [-0.4, -0.2) is 33.1 Å². The maximum Gasteiger partial charge on any atom is 0.318 e. The van der Waals surface area contributed by atoms with E-state index >= 15 is 0 Å². The number of carbonyl (C=O) groups excluding carboxylic acids is 1. The summed E-state index contributed by atoms with van der Waals surface area (Å²) in [5.74, 6) is 0.393. The molecule has 0 bridgehead atoms. The molecular formula is C19H18ClN3O2S. The molecule has 5 nitrogen and oxygen atoms in total. The molecule has 0 saturated heterocycles. The number of methoxy groups -OCH3 is 1. The first-order valence-electron chi connectivity index (χ1n) is 8.02. The Morgan fingerprint density at radius 2 is 1.77 bits per heavy atom. The molecule has 134 valence electrons. The second kappa shape index (κ2) is 7.93. The number of carbonyl (C=O) groups is 1. The Morgan fingerprint density at radius 1 is 1.12 bits per heavy atom. The lowest BCUT2D eigenvalue weighted by Gasteiger charge is -2.12. The van der Waals surface area contributed by atoms with Gasteiger partial charge in [-0.1, -0.05) is 53.2 Å². The van der Waals surface area contributed by atoms with E-state index in [0.29, 0.717) is 16.0 Å². The summed E-state index contributed by atoms with van der Waals surface area (Å²) in [6, 6.07) is 15.5. The van der Waals surface area contributed by atoms with Crippen LogP contribution in [0.15, 0.2) is 53.7 Å². The summed E-state index contributed by atoms with van der Waals surface area (Å²) in [5.41, 5.74) is 2.98. The summed E-state index contributed by atoms with van der Waals surface area (Å²) in [5, 5.41) is 9.52. The minimum absolute atomic E-state index is 0.308. The highest BCUT2D eigenvalue weighted by Crippen LogP contribution is 2.31. The molecular weight excluding hydrogens is 370 g/mol. The fourth-order valence-corrected chi connectivity index (χ4v) is 3.45. The molecule has 26 heavy (non-hydrogen) atoms. The van der Waals surface area contributed by atoms with Crippen molar-refractivity contribution < 1.29 is 9.53 Å². The molecule has 3 aromatic rings. The molecule has 0 radical (unpaired) electrons. The normalized spacial score (nSPS) is 12.0. The van der Waals surface area contributed by atoms with Crippen LogP contribution in [0, 0.1) is 6.92 Å². The largest absolute Gasteiger partial charge is 0.468 e. The molecule has 0 aliphatic carbocycles. The molecule has 0 fully saturated rings. The van der Waals surface area contributed by atoms with Gasteiger partial charge in [-0.2, -0.15) is 0 Å². The number of halogens is 1. The second-order valence-electron chi connectivity index (χ2n) is 5.77. The van der Waals surface area contributed by atoms with Crippen LogP contribution >= 0.6 is 23.4 Å². The zero-order valence-electron chi connectivity index (χ0n) is 14.6. The number of aromatic nitrogens is 3. The zero-order chi connectivity index (χ0) is 18.7. The molecule has 0 saturated carbocycles. The maximum atomic E-state index is 11.8. The monoisotopic (exact) mass is 387 g/mol. The number of nitrogens with zero attached hydrogens (tertiary/aromatic N) is 3. The average Bonchev–Trinajstić information content (AvgIpc) is 3.05. The topological polar surface area (TPSA) is 57.0 Å². The van der Waals surface area contributed by atoms with E-state index in [-0.39, 0.29) is 5.97 Å². The van der Waals surface area contributed by atoms with E-state index in [9.17, 15) is 4.79 Å². The lowest BCUT2D eigenvalue weighted by atomic mass is 10.1. The van der Waals surface area contributed by atoms with Crippen molar-refractivity contribution >= 4 is 29.3 Å². The smallest absolute Gasteiger partial charge is 0.318 e. The highest BCUT2D eigenvalue weighted by molar-refractivity contribution is 8.00. The van der Waals surface area contributed by atoms with Crippen LogP contribution in [-0.2, 0) is 9.53 Å². The van der Waals surface area contributed by atoms with Gasteiger partial charge < -0.3 is 4.74 Å². The molecule has 0 spiro atoms. The minimum Gasteiger partial charge on any atom is -0.468 e. The van der Waals surface area contributed by atoms with E-state index in [1.54, 1.807) is 6.92 Å². The summed E-state index contributed by atoms with van der Waals surface area (Å²) in [4.78, 5) is 11.8. The Labute approximate surface area is 161 Å². The maximum absolute atomic E-state index is 11.8. The van der Waals surface area contributed by atoms with Gasteiger partial charge in [0.2, 0.25) is 0 Å². The lowest BCUT2D eigenvalue weighted by molar-refractivity contribution is -0.139. The third kappa shape index (κ3) is 3.92. The van der Waals surface area contributed by atoms with Gasteiger partial charge in [0, 0.05) is 16.3 Å². The molecule has 0 aliphatic heterocycles. The molecule has 1 atom stereocenters. The van der Waals surface area contributed by atoms with Gasteiger partial charge in [-0.15, -0.1) is 10.2 Å². The standard InChI is InChI=1S/C19H18ClN3O2S/c1-12-4-6-14(7-5-12)17-21-22-19(26-13(2)18(24)25-3)23(17)16-10-8-15(20)9-11-16/h4-11,13H,1-3H3/t13-/m1/s1. The van der Waals surface area contributed by atoms with Gasteiger partial charge in [0.05, 0.1) is 7.11 Å². The van der Waals surface area contributed by atoms with Gasteiger partial charge in [0.1, 0.15) is 5.25 Å². The van der Waals surface area contributed by atoms with E-state index in [0.717, 1.165) is 11.3 Å². The van der Waals surface area contributed by atoms with Crippen LogP contribution in [0.1, 0.15) is 12.5 Å². The summed E-state index contributed by atoms with van der Waals surface area (Å²) < 4.78 is 6.74. The highest BCUT2D eigenvalue weighted by Gasteiger charge is 2.22. The van der Waals surface area contributed by atoms with E-state index in [4.69, 9.17) is 16.3 Å². The summed E-state index contributed by atoms with van der Waals surface area (Å²) in [6.45, 7) is 3.82. The van der Waals surface area contributed by atoms with Crippen molar-refractivity contribution in [3.8, 4) is 17.1 Å². The number of benzene rings is 2. The van der Waals surface area contributed by atoms with E-state index < -0.39 is 5.25 Å². The molecule has 0 unspecified atom stereocenters. The molecule has 1 heterocycles. The molecule has 0 N–H and O–H groups in total. The number of aryl methyl sites for hydroxylation is 1. The van der Waals surface area contributed by atoms with Crippen LogP contribution in [0.5, 0.6) is 0 Å². The quantitative estimate of drug-likeness (QED) is 0.474. The van der Waals surface area contributed by atoms with Gasteiger partial charge in [-0.05, 0) is 38.1 Å². The second-order valence-corrected chi connectivity index (χ2v) is 7.51. The molecule has 3 rings (SSSR count). The Hall–Kier alpha value is -2.31.